The van der Waals surface area contributed by atoms with Crippen LogP contribution in [0.1, 0.15) is 136 Å². The second-order valence-corrected chi connectivity index (χ2v) is 37.1. The standard InChI is InChI=1S/C23H25N7O3S2.C20H25N9O4S2.C19H23N9O3S2.C17H18ClN7O3S2/c1-4-14-18(21(33)28-17-11(2)9-25-15-8-6-5-7-13(15)17)34-23(27-14)29-22-16(20(32)30-35-22)19(24)26-10-12(3)31;1-9-5-29(6-10(2)33-9)8-24-15(21)13-16(30)28-35-19(13)27-20-26-18(32)14(34-20)17(31)25-12-4-22-7-23-11(12)3;1-10-12(7-21-8-22-10)25-17(30)14-11(2)24-19(32-14)26-18-13(16(29)27-33-18)15(20)23-9-28-3-5-31-6-4-28;1-6(2)21-12(19)9-13(26)25-30-16(9)24-17-23-15(28)11(29-17)14(27)22-10-7(3)4-20-5-8(10)18/h5-9,12,31H,4,10H2,1-3H3,(H2,24,26)(H,27,29)(H,30,32)(H,25,28,33);4,7,9-10,32H,5-6,8H2,1-3H3,(H2,21,24)(H,25,31)(H,26,27)(H,28,30);7-8H,3-6,9H2,1-2H3,(H2,20,23)(H,24,26)(H,25,30)(H,27,29);4-6,28H,1-3H3,(H2,19,21)(H,23,24)(H,25,26)(H,20,22,27). The van der Waals surface area contributed by atoms with Gasteiger partial charge in [0.05, 0.1) is 120 Å². The number of nitrogens with one attached hydrogen (secondary N) is 12. The zero-order valence-electron chi connectivity index (χ0n) is 72.8. The first kappa shape index (κ1) is 98.9. The van der Waals surface area contributed by atoms with Crippen molar-refractivity contribution >= 4 is 224 Å². The fraction of sp³-hybridized carbons (Fsp3) is 0.316. The molecule has 45 nitrogen and oxygen atoms in total. The number of amides is 4. The molecule has 4 amide bonds. The summed E-state index contributed by atoms with van der Waals surface area (Å²) in [5.41, 5.74) is 30.3. The molecular weight excluding hydrogens is 1900 g/mol. The van der Waals surface area contributed by atoms with Gasteiger partial charge in [-0.2, -0.15) is 9.97 Å². The van der Waals surface area contributed by atoms with Crippen LogP contribution in [-0.4, -0.2) is 223 Å². The number of H-pyrrole nitrogens is 4. The number of hydrogen-bond acceptors (Lipinski definition) is 41. The minimum absolute atomic E-state index is 0.0150. The number of aliphatic hydroxyl groups is 1. The molecule has 700 valence electrons. The SMILES string of the molecule is CCc1nc(Nc2s[nH]c(=O)c2C(N)=NCC(C)O)sc1C(=O)Nc1c(C)cnc2ccccc12.Cc1cncc(Cl)c1NC(=O)c1sc(Nc2s[nH]c(=O)c2C(N)=NC(C)C)nc1O.Cc1ncncc1NC(=O)c1sc(Nc2s[nH]c(=O)c2C(N)=NCN2CC(C)OC(C)C2)nc1O.Cc1ncncc1NC(=O)c1sc(Nc2s[nH]c(=O)c2C(N)=NCN2CCOCC2)nc1C. The number of benzene rings is 1. The average Bonchev–Trinajstić information content (AvgIpc) is 1.78. The number of aromatic amines is 4. The zero-order valence-corrected chi connectivity index (χ0v) is 80.1. The Labute approximate surface area is 793 Å². The van der Waals surface area contributed by atoms with Crippen LogP contribution in [-0.2, 0) is 15.9 Å². The van der Waals surface area contributed by atoms with E-state index in [-0.39, 0.29) is 113 Å². The summed E-state index contributed by atoms with van der Waals surface area (Å²) in [4.78, 5) is 164. The molecule has 2 aliphatic rings. The molecule has 133 heavy (non-hydrogen) atoms. The summed E-state index contributed by atoms with van der Waals surface area (Å²) in [6, 6.07) is 7.52. The first-order chi connectivity index (χ1) is 63.6. The summed E-state index contributed by atoms with van der Waals surface area (Å²) >= 11 is 14.4. The summed E-state index contributed by atoms with van der Waals surface area (Å²) < 4.78 is 21.6. The van der Waals surface area contributed by atoms with Gasteiger partial charge in [0.15, 0.2) is 30.3 Å². The number of rotatable bonds is 28. The number of halogens is 1. The number of amidine groups is 4. The van der Waals surface area contributed by atoms with E-state index in [0.29, 0.717) is 137 Å². The summed E-state index contributed by atoms with van der Waals surface area (Å²) in [6.45, 7) is 25.1. The van der Waals surface area contributed by atoms with Gasteiger partial charge in [0.2, 0.25) is 11.8 Å². The maximum Gasteiger partial charge on any atom is 0.271 e. The Kier molecular flexibility index (Phi) is 33.7. The lowest BCUT2D eigenvalue weighted by Crippen LogP contribution is -2.45. The molecule has 1 aromatic carbocycles. The van der Waals surface area contributed by atoms with Gasteiger partial charge in [-0.15, -0.1) is 0 Å². The highest BCUT2D eigenvalue weighted by molar-refractivity contribution is 7.20. The number of pyridine rings is 2. The molecule has 23 N–H and O–H groups in total. The van der Waals surface area contributed by atoms with Crippen molar-refractivity contribution in [2.45, 2.75) is 107 Å². The number of aromatic nitrogens is 14. The molecule has 14 heterocycles. The molecule has 0 bridgehead atoms. The van der Waals surface area contributed by atoms with Gasteiger partial charge >= 0.3 is 0 Å². The molecule has 3 unspecified atom stereocenters. The smallest absolute Gasteiger partial charge is 0.271 e. The monoisotopic (exact) mass is 1990 g/mol. The topological polar surface area (TPSA) is 664 Å². The van der Waals surface area contributed by atoms with Crippen LogP contribution in [0.25, 0.3) is 10.9 Å². The predicted octanol–water partition coefficient (Wildman–Crippen LogP) is 9.21. The molecular formula is C79H91ClN32O13S8. The van der Waals surface area contributed by atoms with Crippen LogP contribution < -0.4 is 87.7 Å². The average molecular weight is 1990 g/mol. The van der Waals surface area contributed by atoms with E-state index >= 15 is 0 Å². The fourth-order valence-corrected chi connectivity index (χ4v) is 19.3. The Balaban J connectivity index is 0.000000160. The van der Waals surface area contributed by atoms with Crippen LogP contribution in [0.3, 0.4) is 0 Å². The van der Waals surface area contributed by atoms with E-state index in [1.165, 1.54) is 47.7 Å². The van der Waals surface area contributed by atoms with Crippen molar-refractivity contribution in [3.8, 4) is 11.8 Å². The van der Waals surface area contributed by atoms with Crippen molar-refractivity contribution in [1.29, 1.82) is 0 Å². The molecule has 3 atom stereocenters. The van der Waals surface area contributed by atoms with Crippen LogP contribution in [0.4, 0.5) is 63.3 Å². The third kappa shape index (κ3) is 25.6. The second-order valence-electron chi connectivity index (χ2n) is 29.5. The molecule has 0 saturated carbocycles. The van der Waals surface area contributed by atoms with E-state index in [0.717, 1.165) is 98.4 Å². The molecule has 13 aromatic rings. The lowest BCUT2D eigenvalue weighted by atomic mass is 10.1. The molecule has 0 spiro atoms. The van der Waals surface area contributed by atoms with E-state index in [4.69, 9.17) is 44.0 Å². The molecule has 2 fully saturated rings. The van der Waals surface area contributed by atoms with E-state index in [9.17, 15) is 53.7 Å². The van der Waals surface area contributed by atoms with Crippen LogP contribution in [0.15, 0.2) is 107 Å². The molecule has 0 radical (unpaired) electrons. The van der Waals surface area contributed by atoms with E-state index in [1.807, 2.05) is 65.8 Å². The van der Waals surface area contributed by atoms with E-state index < -0.39 is 46.4 Å². The number of aliphatic imine (C=N–C) groups is 4. The predicted molar refractivity (Wildman–Crippen MR) is 523 cm³/mol. The van der Waals surface area contributed by atoms with Gasteiger partial charge in [-0.25, -0.2) is 29.9 Å². The number of aryl methyl sites for hydroxylation is 6. The van der Waals surface area contributed by atoms with Crippen LogP contribution in [0, 0.1) is 34.6 Å². The number of carbonyl (C=O) groups is 4. The minimum atomic E-state index is -0.684. The van der Waals surface area contributed by atoms with Crippen molar-refractivity contribution in [1.82, 2.24) is 77.1 Å². The fourth-order valence-electron chi connectivity index (χ4n) is 12.5. The Morgan fingerprint density at radius 1 is 0.534 bits per heavy atom. The number of anilines is 12. The van der Waals surface area contributed by atoms with Gasteiger partial charge < -0.3 is 90.3 Å². The van der Waals surface area contributed by atoms with Gasteiger partial charge in [0, 0.05) is 56.2 Å². The number of aliphatic hydroxyl groups excluding tert-OH is 1. The zero-order chi connectivity index (χ0) is 95.6. The Morgan fingerprint density at radius 2 is 0.970 bits per heavy atom. The number of morpholine rings is 2. The third-order valence-corrected chi connectivity index (χ3v) is 26.3. The van der Waals surface area contributed by atoms with Crippen LogP contribution in [0.5, 0.6) is 11.8 Å². The number of para-hydroxylation sites is 1. The van der Waals surface area contributed by atoms with Crippen molar-refractivity contribution in [2.75, 3.05) is 102 Å². The van der Waals surface area contributed by atoms with Crippen LogP contribution in [0.2, 0.25) is 5.02 Å². The van der Waals surface area contributed by atoms with Gasteiger partial charge in [-0.3, -0.25) is 95.6 Å². The molecule has 54 heteroatoms. The first-order valence-corrected chi connectivity index (χ1v) is 47.1. The summed E-state index contributed by atoms with van der Waals surface area (Å²) in [7, 11) is 0. The number of nitrogens with two attached hydrogens (primary N) is 4. The maximum atomic E-state index is 13.3. The van der Waals surface area contributed by atoms with Crippen molar-refractivity contribution in [3.05, 3.63) is 190 Å². The number of aromatic hydroxyl groups is 2. The maximum absolute atomic E-state index is 13.3. The summed E-state index contributed by atoms with van der Waals surface area (Å²) in [5.74, 6) is -2.35. The van der Waals surface area contributed by atoms with Gasteiger partial charge in [-0.1, -0.05) is 82.1 Å². The molecule has 12 aromatic heterocycles. The lowest BCUT2D eigenvalue weighted by molar-refractivity contribution is -0.0670. The highest BCUT2D eigenvalue weighted by Crippen LogP contribution is 2.38. The number of nitrogens with zero attached hydrogens (tertiary/aromatic N) is 16. The van der Waals surface area contributed by atoms with E-state index in [1.54, 1.807) is 53.2 Å². The number of fused-ring (bicyclic) bond motifs is 1. The highest BCUT2D eigenvalue weighted by Gasteiger charge is 2.30. The quantitative estimate of drug-likeness (QED) is 0.0160. The largest absolute Gasteiger partial charge is 0.492 e. The minimum Gasteiger partial charge on any atom is -0.492 e. The Bertz CT molecular complexity index is 6740. The van der Waals surface area contributed by atoms with Crippen LogP contribution >= 0.6 is 103 Å². The van der Waals surface area contributed by atoms with Crippen molar-refractivity contribution in [2.24, 2.45) is 42.9 Å². The second kappa shape index (κ2) is 45.3. The number of carbonyl (C=O) groups excluding carboxylic acids is 4. The molecule has 0 aliphatic carbocycles. The van der Waals surface area contributed by atoms with Crippen molar-refractivity contribution in [3.63, 3.8) is 0 Å². The van der Waals surface area contributed by atoms with Crippen molar-refractivity contribution < 1.29 is 44.0 Å². The van der Waals surface area contributed by atoms with E-state index in [2.05, 4.69) is 140 Å². The van der Waals surface area contributed by atoms with Gasteiger partial charge in [-0.05, 0) is 139 Å². The number of thiazole rings is 4. The molecule has 15 rings (SSSR count). The van der Waals surface area contributed by atoms with Gasteiger partial charge in [0.1, 0.15) is 88.0 Å². The Hall–Kier alpha value is -13.2. The number of ether oxygens (including phenoxy) is 2. The first-order valence-electron chi connectivity index (χ1n) is 40.2. The Morgan fingerprint density at radius 3 is 1.47 bits per heavy atom. The molecule has 2 aliphatic heterocycles. The normalized spacial score (nSPS) is 14.7. The third-order valence-electron chi connectivity index (χ3n) is 18.8. The highest BCUT2D eigenvalue weighted by atomic mass is 35.5. The lowest BCUT2D eigenvalue weighted by Gasteiger charge is -2.34. The molecule has 2 saturated heterocycles. The summed E-state index contributed by atoms with van der Waals surface area (Å²) in [6.07, 6.45) is 10.5. The number of hydrogen-bond donors (Lipinski definition) is 19. The van der Waals surface area contributed by atoms with Gasteiger partial charge in [0.25, 0.3) is 45.9 Å². The summed E-state index contributed by atoms with van der Waals surface area (Å²) in [5, 5.41) is 57.1.